The van der Waals surface area contributed by atoms with Crippen LogP contribution in [0.1, 0.15) is 10.4 Å². The van der Waals surface area contributed by atoms with Crippen molar-refractivity contribution in [3.8, 4) is 11.1 Å². The van der Waals surface area contributed by atoms with E-state index in [9.17, 15) is 4.79 Å². The van der Waals surface area contributed by atoms with Crippen LogP contribution in [0.25, 0.3) is 11.1 Å². The maximum Gasteiger partial charge on any atom is 0.339 e. The number of hydrogen-bond acceptors (Lipinski definition) is 3. The van der Waals surface area contributed by atoms with Gasteiger partial charge in [0.05, 0.1) is 5.56 Å². The molecular weight excluding hydrogens is 284 g/mol. The number of rotatable bonds is 4. The number of carbonyl (C=O) groups is 1. The predicted octanol–water partition coefficient (Wildman–Crippen LogP) is 4.80. The molecule has 104 valence electrons. The van der Waals surface area contributed by atoms with Gasteiger partial charge in [-0.05, 0) is 23.3 Å². The summed E-state index contributed by atoms with van der Waals surface area (Å²) in [4.78, 5) is 11.8. The Kier molecular flexibility index (Phi) is 3.79. The van der Waals surface area contributed by atoms with Crippen molar-refractivity contribution in [2.75, 3.05) is 0 Å². The molecule has 21 heavy (non-hydrogen) atoms. The Bertz CT molecular complexity index is 762. The lowest BCUT2D eigenvalue weighted by Crippen LogP contribution is -1.91. The smallest absolute Gasteiger partial charge is 0.339 e. The summed E-state index contributed by atoms with van der Waals surface area (Å²) in [5.41, 5.74) is 2.42. The number of aromatic carboxylic acids is 1. The highest BCUT2D eigenvalue weighted by atomic mass is 32.2. The molecule has 0 aliphatic heterocycles. The molecule has 2 aromatic carbocycles. The fraction of sp³-hybridized carbons (Fsp3) is 0. The standard InChI is InChI=1S/C17H12O3S/c18-17(19)14-10-16(20-11-14)21-15-8-4-7-13(9-15)12-5-2-1-3-6-12/h1-11H,(H,18,19). The largest absolute Gasteiger partial charge is 0.478 e. The van der Waals surface area contributed by atoms with E-state index in [-0.39, 0.29) is 5.56 Å². The van der Waals surface area contributed by atoms with Crippen molar-refractivity contribution >= 4 is 17.7 Å². The summed E-state index contributed by atoms with van der Waals surface area (Å²) < 4.78 is 5.26. The molecule has 1 aromatic heterocycles. The molecule has 0 saturated heterocycles. The summed E-state index contributed by atoms with van der Waals surface area (Å²) in [6, 6.07) is 19.7. The van der Waals surface area contributed by atoms with Crippen molar-refractivity contribution in [3.05, 3.63) is 72.5 Å². The van der Waals surface area contributed by atoms with Gasteiger partial charge in [0.25, 0.3) is 0 Å². The Morgan fingerprint density at radius 3 is 2.43 bits per heavy atom. The van der Waals surface area contributed by atoms with Crippen LogP contribution in [0.15, 0.2) is 81.3 Å². The zero-order valence-electron chi connectivity index (χ0n) is 11.0. The average Bonchev–Trinajstić information content (AvgIpc) is 2.97. The summed E-state index contributed by atoms with van der Waals surface area (Å²) in [6.45, 7) is 0. The number of hydrogen-bond donors (Lipinski definition) is 1. The average molecular weight is 296 g/mol. The summed E-state index contributed by atoms with van der Waals surface area (Å²) in [7, 11) is 0. The van der Waals surface area contributed by atoms with E-state index in [1.54, 1.807) is 0 Å². The van der Waals surface area contributed by atoms with E-state index in [4.69, 9.17) is 9.52 Å². The summed E-state index contributed by atoms with van der Waals surface area (Å²) in [5, 5.41) is 9.46. The van der Waals surface area contributed by atoms with Crippen molar-refractivity contribution in [1.82, 2.24) is 0 Å². The first-order valence-electron chi connectivity index (χ1n) is 6.37. The van der Waals surface area contributed by atoms with Gasteiger partial charge in [-0.3, -0.25) is 0 Å². The number of carboxylic acid groups (broad SMARTS) is 1. The van der Waals surface area contributed by atoms with Crippen LogP contribution in [-0.2, 0) is 0 Å². The van der Waals surface area contributed by atoms with E-state index in [0.717, 1.165) is 16.0 Å². The molecule has 0 fully saturated rings. The van der Waals surface area contributed by atoms with Crippen LogP contribution in [0.5, 0.6) is 0 Å². The molecule has 0 aliphatic rings. The second-order valence-electron chi connectivity index (χ2n) is 4.46. The molecule has 0 atom stereocenters. The molecule has 1 heterocycles. The Balaban J connectivity index is 1.84. The topological polar surface area (TPSA) is 50.4 Å². The van der Waals surface area contributed by atoms with Gasteiger partial charge in [-0.2, -0.15) is 0 Å². The predicted molar refractivity (Wildman–Crippen MR) is 81.7 cm³/mol. The van der Waals surface area contributed by atoms with Crippen molar-refractivity contribution in [3.63, 3.8) is 0 Å². The number of benzene rings is 2. The molecule has 0 amide bonds. The third-order valence-electron chi connectivity index (χ3n) is 2.98. The van der Waals surface area contributed by atoms with Crippen molar-refractivity contribution in [2.45, 2.75) is 9.99 Å². The number of carboxylic acids is 1. The molecule has 3 aromatic rings. The Morgan fingerprint density at radius 1 is 0.952 bits per heavy atom. The Morgan fingerprint density at radius 2 is 1.71 bits per heavy atom. The van der Waals surface area contributed by atoms with Gasteiger partial charge in [-0.1, -0.05) is 54.2 Å². The first kappa shape index (κ1) is 13.5. The van der Waals surface area contributed by atoms with Gasteiger partial charge in [0.2, 0.25) is 0 Å². The highest BCUT2D eigenvalue weighted by Crippen LogP contribution is 2.32. The van der Waals surface area contributed by atoms with E-state index in [0.29, 0.717) is 5.09 Å². The third-order valence-corrected chi connectivity index (χ3v) is 3.89. The van der Waals surface area contributed by atoms with E-state index in [1.165, 1.54) is 24.1 Å². The minimum atomic E-state index is -0.983. The lowest BCUT2D eigenvalue weighted by Gasteiger charge is -2.04. The molecule has 3 rings (SSSR count). The fourth-order valence-corrected chi connectivity index (χ4v) is 2.82. The lowest BCUT2D eigenvalue weighted by molar-refractivity contribution is 0.0696. The third kappa shape index (κ3) is 3.17. The Labute approximate surface area is 126 Å². The van der Waals surface area contributed by atoms with Crippen LogP contribution in [0.2, 0.25) is 0 Å². The molecular formula is C17H12O3S. The van der Waals surface area contributed by atoms with Gasteiger partial charge in [0.1, 0.15) is 6.26 Å². The first-order valence-corrected chi connectivity index (χ1v) is 7.19. The quantitative estimate of drug-likeness (QED) is 0.751. The van der Waals surface area contributed by atoms with Gasteiger partial charge in [0.15, 0.2) is 5.09 Å². The normalized spacial score (nSPS) is 10.5. The summed E-state index contributed by atoms with van der Waals surface area (Å²) in [5.74, 6) is -0.983. The summed E-state index contributed by atoms with van der Waals surface area (Å²) >= 11 is 1.40. The van der Waals surface area contributed by atoms with Crippen molar-refractivity contribution in [1.29, 1.82) is 0 Å². The van der Waals surface area contributed by atoms with Crippen molar-refractivity contribution in [2.24, 2.45) is 0 Å². The molecule has 0 aliphatic carbocycles. The molecule has 0 spiro atoms. The maximum atomic E-state index is 10.8. The fourth-order valence-electron chi connectivity index (χ4n) is 1.97. The monoisotopic (exact) mass is 296 g/mol. The van der Waals surface area contributed by atoms with Gasteiger partial charge < -0.3 is 9.52 Å². The van der Waals surface area contributed by atoms with Gasteiger partial charge in [-0.25, -0.2) is 4.79 Å². The maximum absolute atomic E-state index is 10.8. The van der Waals surface area contributed by atoms with Crippen molar-refractivity contribution < 1.29 is 14.3 Å². The minimum Gasteiger partial charge on any atom is -0.478 e. The molecule has 4 heteroatoms. The van der Waals surface area contributed by atoms with E-state index >= 15 is 0 Å². The van der Waals surface area contributed by atoms with E-state index in [1.807, 2.05) is 36.4 Å². The zero-order chi connectivity index (χ0) is 14.7. The molecule has 0 bridgehead atoms. The second kappa shape index (κ2) is 5.89. The van der Waals surface area contributed by atoms with Crippen LogP contribution in [0, 0.1) is 0 Å². The molecule has 0 unspecified atom stereocenters. The van der Waals surface area contributed by atoms with Crippen LogP contribution >= 0.6 is 11.8 Å². The van der Waals surface area contributed by atoms with Gasteiger partial charge in [0, 0.05) is 11.0 Å². The van der Waals surface area contributed by atoms with E-state index in [2.05, 4.69) is 18.2 Å². The minimum absolute atomic E-state index is 0.164. The Hall–Kier alpha value is -2.46. The number of furan rings is 1. The second-order valence-corrected chi connectivity index (χ2v) is 5.53. The molecule has 3 nitrogen and oxygen atoms in total. The van der Waals surface area contributed by atoms with Crippen LogP contribution < -0.4 is 0 Å². The van der Waals surface area contributed by atoms with Crippen LogP contribution in [-0.4, -0.2) is 11.1 Å². The van der Waals surface area contributed by atoms with Gasteiger partial charge in [-0.15, -0.1) is 0 Å². The van der Waals surface area contributed by atoms with Gasteiger partial charge >= 0.3 is 5.97 Å². The molecule has 0 radical (unpaired) electrons. The highest BCUT2D eigenvalue weighted by Gasteiger charge is 2.09. The molecule has 0 saturated carbocycles. The van der Waals surface area contributed by atoms with Crippen LogP contribution in [0.3, 0.4) is 0 Å². The van der Waals surface area contributed by atoms with Crippen LogP contribution in [0.4, 0.5) is 0 Å². The van der Waals surface area contributed by atoms with E-state index < -0.39 is 5.97 Å². The lowest BCUT2D eigenvalue weighted by atomic mass is 10.1. The SMILES string of the molecule is O=C(O)c1coc(Sc2cccc(-c3ccccc3)c2)c1. The molecule has 1 N–H and O–H groups in total. The zero-order valence-corrected chi connectivity index (χ0v) is 11.8. The highest BCUT2D eigenvalue weighted by molar-refractivity contribution is 7.99. The summed E-state index contributed by atoms with van der Waals surface area (Å²) in [6.07, 6.45) is 1.26. The first-order chi connectivity index (χ1) is 10.2.